The molecule has 2 unspecified atom stereocenters. The number of alkyl halides is 3. The molecule has 2 N–H and O–H groups in total. The molecule has 3 aliphatic rings. The number of fused-ring (bicyclic) bond motifs is 1. The Kier molecular flexibility index (Phi) is 15.7. The van der Waals surface area contributed by atoms with Gasteiger partial charge in [0.1, 0.15) is 5.70 Å². The van der Waals surface area contributed by atoms with Crippen LogP contribution >= 0.6 is 12.6 Å². The Bertz CT molecular complexity index is 1230. The van der Waals surface area contributed by atoms with E-state index < -0.39 is 24.1 Å². The molecule has 6 nitrogen and oxygen atoms in total. The largest absolute Gasteiger partial charge is 0.433 e. The van der Waals surface area contributed by atoms with Crippen LogP contribution in [-0.4, -0.2) is 60.3 Å². The number of hydrogen-bond donors (Lipinski definition) is 3. The fourth-order valence-electron chi connectivity index (χ4n) is 5.74. The third-order valence-corrected chi connectivity index (χ3v) is 8.52. The van der Waals surface area contributed by atoms with Crippen molar-refractivity contribution < 1.29 is 32.9 Å². The predicted octanol–water partition coefficient (Wildman–Crippen LogP) is 8.90. The first-order valence-electron chi connectivity index (χ1n) is 16.2. The molecule has 1 aromatic heterocycles. The molecule has 46 heavy (non-hydrogen) atoms. The zero-order chi connectivity index (χ0) is 34.7. The minimum atomic E-state index is -4.63. The summed E-state index contributed by atoms with van der Waals surface area (Å²) in [6.07, 6.45) is 4.47. The van der Waals surface area contributed by atoms with Crippen LogP contribution in [0.4, 0.5) is 13.2 Å². The van der Waals surface area contributed by atoms with Crippen molar-refractivity contribution in [3.63, 3.8) is 0 Å². The molecule has 260 valence electrons. The number of thiol groups is 1. The van der Waals surface area contributed by atoms with Gasteiger partial charge in [-0.15, -0.1) is 0 Å². The highest BCUT2D eigenvalue weighted by atomic mass is 32.1. The summed E-state index contributed by atoms with van der Waals surface area (Å²) in [5.41, 5.74) is 3.94. The maximum Gasteiger partial charge on any atom is 0.433 e. The zero-order valence-corrected chi connectivity index (χ0v) is 29.6. The van der Waals surface area contributed by atoms with E-state index in [4.69, 9.17) is 14.5 Å². The fraction of sp³-hybridized carbons (Fsp3) is 0.667. The second kappa shape index (κ2) is 18.0. The Hall–Kier alpha value is -1.98. The van der Waals surface area contributed by atoms with Crippen molar-refractivity contribution in [2.24, 2.45) is 15.8 Å². The van der Waals surface area contributed by atoms with Gasteiger partial charge in [-0.2, -0.15) is 25.8 Å². The van der Waals surface area contributed by atoms with Crippen molar-refractivity contribution in [3.05, 3.63) is 58.6 Å². The van der Waals surface area contributed by atoms with Gasteiger partial charge in [0, 0.05) is 48.6 Å². The van der Waals surface area contributed by atoms with Crippen LogP contribution in [0.1, 0.15) is 126 Å². The average Bonchev–Trinajstić information content (AvgIpc) is 3.00. The summed E-state index contributed by atoms with van der Waals surface area (Å²) >= 11 is 3.53. The summed E-state index contributed by atoms with van der Waals surface area (Å²) in [5, 5.41) is 22.9. The van der Waals surface area contributed by atoms with Gasteiger partial charge in [0.15, 0.2) is 0 Å². The summed E-state index contributed by atoms with van der Waals surface area (Å²) in [7, 11) is 0. The maximum atomic E-state index is 13.3. The third kappa shape index (κ3) is 11.6. The molecule has 1 saturated heterocycles. The highest BCUT2D eigenvalue weighted by Crippen LogP contribution is 2.48. The molecule has 1 aliphatic carbocycles. The van der Waals surface area contributed by atoms with Crippen molar-refractivity contribution in [1.29, 1.82) is 0 Å². The number of aliphatic imine (C=N–C) groups is 1. The van der Waals surface area contributed by atoms with Gasteiger partial charge in [0.05, 0.1) is 31.1 Å². The van der Waals surface area contributed by atoms with Gasteiger partial charge < -0.3 is 19.7 Å². The van der Waals surface area contributed by atoms with Crippen LogP contribution in [-0.2, 0) is 15.9 Å². The first-order valence-corrected chi connectivity index (χ1v) is 17.1. The van der Waals surface area contributed by atoms with E-state index in [0.717, 1.165) is 59.3 Å². The van der Waals surface area contributed by atoms with E-state index in [2.05, 4.69) is 65.7 Å². The van der Waals surface area contributed by atoms with E-state index in [0.29, 0.717) is 56.7 Å². The van der Waals surface area contributed by atoms with Gasteiger partial charge in [-0.25, -0.2) is 0 Å². The molecule has 0 spiro atoms. The van der Waals surface area contributed by atoms with Gasteiger partial charge in [-0.05, 0) is 66.4 Å². The molecule has 3 heterocycles. The lowest BCUT2D eigenvalue weighted by molar-refractivity contribution is -0.0922. The van der Waals surface area contributed by atoms with Gasteiger partial charge in [0.25, 0.3) is 0 Å². The van der Waals surface area contributed by atoms with E-state index in [1.54, 1.807) is 6.26 Å². The molecule has 1 fully saturated rings. The number of aromatic nitrogens is 1. The van der Waals surface area contributed by atoms with Gasteiger partial charge in [0.2, 0.25) is 0 Å². The van der Waals surface area contributed by atoms with E-state index in [-0.39, 0.29) is 17.8 Å². The summed E-state index contributed by atoms with van der Waals surface area (Å²) in [5.74, 6) is 0.0309. The van der Waals surface area contributed by atoms with Gasteiger partial charge in [-0.1, -0.05) is 66.7 Å². The molecule has 0 bridgehead atoms. The van der Waals surface area contributed by atoms with Crippen molar-refractivity contribution in [2.75, 3.05) is 32.7 Å². The lowest BCUT2D eigenvalue weighted by atomic mass is 9.71. The third-order valence-electron chi connectivity index (χ3n) is 8.52. The number of allylic oxidation sites excluding steroid dienone is 3. The molecule has 4 rings (SSSR count). The van der Waals surface area contributed by atoms with Crippen LogP contribution < -0.4 is 0 Å². The van der Waals surface area contributed by atoms with Crippen LogP contribution in [0.15, 0.2) is 35.5 Å². The maximum absolute atomic E-state index is 13.3. The summed E-state index contributed by atoms with van der Waals surface area (Å²) in [4.78, 5) is 8.70. The summed E-state index contributed by atoms with van der Waals surface area (Å²) in [6, 6.07) is 0. The summed E-state index contributed by atoms with van der Waals surface area (Å²) < 4.78 is 51.0. The molecule has 2 atom stereocenters. The standard InChI is InChI=1S/C29H37F3N2O4.C6H14.CH4S/c1-4-5-23(29(30,31)32)33-11-6-21(35)26-24(18-7-12-37-13-8-18)25-20(16-28(2,3)17-22(25)36)34-27(26)19-9-14-38-15-10-19;1-5-6(2,3)4;1-2/h4-5,7,11,19,21-22,35-36H,1,6,8-10,12-17H2,2-3H3;5H2,1-4H3;2H,1H3/b23-5-,33-11?;;. The number of halogens is 3. The number of hydrogen-bond acceptors (Lipinski definition) is 7. The number of pyridine rings is 1. The molecule has 1 aromatic rings. The number of aliphatic hydroxyl groups excluding tert-OH is 2. The highest BCUT2D eigenvalue weighted by Gasteiger charge is 2.39. The van der Waals surface area contributed by atoms with E-state index in [1.807, 2.05) is 6.08 Å². The zero-order valence-electron chi connectivity index (χ0n) is 28.7. The van der Waals surface area contributed by atoms with E-state index >= 15 is 0 Å². The summed E-state index contributed by atoms with van der Waals surface area (Å²) in [6.45, 7) is 18.6. The molecule has 0 aromatic carbocycles. The molecule has 10 heteroatoms. The molecule has 0 amide bonds. The highest BCUT2D eigenvalue weighted by molar-refractivity contribution is 7.79. The van der Waals surface area contributed by atoms with Crippen LogP contribution in [0, 0.1) is 10.8 Å². The molecule has 0 radical (unpaired) electrons. The Morgan fingerprint density at radius 1 is 1.17 bits per heavy atom. The van der Waals surface area contributed by atoms with Crippen molar-refractivity contribution >= 4 is 24.4 Å². The Morgan fingerprint density at radius 2 is 1.80 bits per heavy atom. The van der Waals surface area contributed by atoms with E-state index in [1.165, 1.54) is 6.42 Å². The normalized spacial score (nSPS) is 21.3. The van der Waals surface area contributed by atoms with Crippen LogP contribution in [0.25, 0.3) is 5.57 Å². The second-order valence-corrected chi connectivity index (χ2v) is 13.9. The monoisotopic (exact) mass is 668 g/mol. The Morgan fingerprint density at radius 3 is 2.33 bits per heavy atom. The molecule has 2 aliphatic heterocycles. The minimum absolute atomic E-state index is 0.0309. The smallest absolute Gasteiger partial charge is 0.388 e. The molecular formula is C36H55F3N2O4S. The predicted molar refractivity (Wildman–Crippen MR) is 185 cm³/mol. The van der Waals surface area contributed by atoms with Crippen LogP contribution in [0.5, 0.6) is 0 Å². The van der Waals surface area contributed by atoms with E-state index in [9.17, 15) is 23.4 Å². The van der Waals surface area contributed by atoms with Gasteiger partial charge in [-0.3, -0.25) is 9.98 Å². The van der Waals surface area contributed by atoms with Crippen molar-refractivity contribution in [2.45, 2.75) is 111 Å². The number of aliphatic hydroxyl groups is 2. The van der Waals surface area contributed by atoms with Crippen LogP contribution in [0.2, 0.25) is 0 Å². The second-order valence-electron chi connectivity index (χ2n) is 13.9. The Balaban J connectivity index is 0.000000826. The average molecular weight is 669 g/mol. The topological polar surface area (TPSA) is 84.2 Å². The number of nitrogens with zero attached hydrogens (tertiary/aromatic N) is 2. The first-order chi connectivity index (χ1) is 21.6. The molecule has 0 saturated carbocycles. The number of ether oxygens (including phenoxy) is 2. The first kappa shape index (κ1) is 40.2. The Labute approximate surface area is 279 Å². The van der Waals surface area contributed by atoms with Gasteiger partial charge >= 0.3 is 6.18 Å². The lowest BCUT2D eigenvalue weighted by Crippen LogP contribution is -2.30. The van der Waals surface area contributed by atoms with Crippen molar-refractivity contribution in [3.8, 4) is 0 Å². The minimum Gasteiger partial charge on any atom is -0.388 e. The molecular weight excluding hydrogens is 613 g/mol. The number of rotatable bonds is 7. The lowest BCUT2D eigenvalue weighted by Gasteiger charge is -2.38. The van der Waals surface area contributed by atoms with Crippen LogP contribution in [0.3, 0.4) is 0 Å². The van der Waals surface area contributed by atoms with Crippen molar-refractivity contribution in [1.82, 2.24) is 4.98 Å². The fourth-order valence-corrected chi connectivity index (χ4v) is 5.74. The quantitative estimate of drug-likeness (QED) is 0.154. The SMILES string of the molecule is C=C/C=C(\N=CCC(O)c1c(C2CCOCC2)nc2c(c1C1=CCOCC1)C(O)CC(C)(C)C2)C(F)(F)F.CCC(C)(C)C.CS.